The van der Waals surface area contributed by atoms with Crippen molar-refractivity contribution in [3.63, 3.8) is 0 Å². The molecule has 0 radical (unpaired) electrons. The molecule has 0 amide bonds. The summed E-state index contributed by atoms with van der Waals surface area (Å²) in [5.74, 6) is -0.519. The van der Waals surface area contributed by atoms with E-state index in [0.717, 1.165) is 6.42 Å². The number of hydrogen-bond donors (Lipinski definition) is 1. The smallest absolute Gasteiger partial charge is 0.345 e. The van der Waals surface area contributed by atoms with Gasteiger partial charge in [-0.2, -0.15) is 0 Å². The highest BCUT2D eigenvalue weighted by atomic mass is 16.5. The summed E-state index contributed by atoms with van der Waals surface area (Å²) in [4.78, 5) is 22.5. The van der Waals surface area contributed by atoms with Crippen LogP contribution in [0.1, 0.15) is 44.9 Å². The summed E-state index contributed by atoms with van der Waals surface area (Å²) in [5, 5.41) is 9.78. The SMILES string of the molecule is O=C1COC(=O)C1=C(O)CCC1CCCCC1. The molecule has 1 N–H and O–H groups in total. The van der Waals surface area contributed by atoms with Crippen molar-refractivity contribution >= 4 is 11.8 Å². The second-order valence-corrected chi connectivity index (χ2v) is 4.86. The van der Waals surface area contributed by atoms with Crippen molar-refractivity contribution in [1.82, 2.24) is 0 Å². The fourth-order valence-electron chi connectivity index (χ4n) is 2.61. The first-order chi connectivity index (χ1) is 8.18. The molecule has 2 rings (SSSR count). The third-order valence-electron chi connectivity index (χ3n) is 3.62. The molecule has 1 saturated heterocycles. The van der Waals surface area contributed by atoms with E-state index in [1.54, 1.807) is 0 Å². The lowest BCUT2D eigenvalue weighted by molar-refractivity contribution is -0.135. The van der Waals surface area contributed by atoms with Gasteiger partial charge in [-0.15, -0.1) is 0 Å². The van der Waals surface area contributed by atoms with Crippen molar-refractivity contribution in [2.24, 2.45) is 5.92 Å². The molecule has 0 aromatic carbocycles. The molecule has 0 spiro atoms. The minimum atomic E-state index is -0.670. The highest BCUT2D eigenvalue weighted by molar-refractivity contribution is 6.22. The van der Waals surface area contributed by atoms with Gasteiger partial charge in [0, 0.05) is 6.42 Å². The fourth-order valence-corrected chi connectivity index (χ4v) is 2.61. The Morgan fingerprint density at radius 1 is 1.24 bits per heavy atom. The zero-order valence-corrected chi connectivity index (χ0v) is 9.91. The van der Waals surface area contributed by atoms with Gasteiger partial charge in [0.05, 0.1) is 0 Å². The Balaban J connectivity index is 1.91. The molecule has 0 atom stereocenters. The number of aliphatic hydroxyl groups excluding tert-OH is 1. The normalized spacial score (nSPS) is 24.9. The molecular formula is C13H18O4. The van der Waals surface area contributed by atoms with E-state index < -0.39 is 11.8 Å². The van der Waals surface area contributed by atoms with Gasteiger partial charge in [-0.3, -0.25) is 4.79 Å². The van der Waals surface area contributed by atoms with Gasteiger partial charge in [-0.25, -0.2) is 4.79 Å². The van der Waals surface area contributed by atoms with Crippen molar-refractivity contribution in [3.05, 3.63) is 11.3 Å². The summed E-state index contributed by atoms with van der Waals surface area (Å²) in [6.45, 7) is -0.221. The topological polar surface area (TPSA) is 63.6 Å². The van der Waals surface area contributed by atoms with Gasteiger partial charge in [-0.05, 0) is 12.3 Å². The minimum Gasteiger partial charge on any atom is -0.511 e. The Labute approximate surface area is 101 Å². The van der Waals surface area contributed by atoms with E-state index in [9.17, 15) is 14.7 Å². The lowest BCUT2D eigenvalue weighted by Gasteiger charge is -2.21. The third-order valence-corrected chi connectivity index (χ3v) is 3.62. The zero-order valence-electron chi connectivity index (χ0n) is 9.91. The molecule has 0 unspecified atom stereocenters. The first kappa shape index (κ1) is 12.1. The number of aliphatic hydroxyl groups is 1. The van der Waals surface area contributed by atoms with Crippen LogP contribution in [0.3, 0.4) is 0 Å². The van der Waals surface area contributed by atoms with E-state index in [-0.39, 0.29) is 17.9 Å². The maximum Gasteiger partial charge on any atom is 0.345 e. The second kappa shape index (κ2) is 5.34. The Bertz CT molecular complexity index is 332. The van der Waals surface area contributed by atoms with Crippen LogP contribution in [-0.4, -0.2) is 23.5 Å². The quantitative estimate of drug-likeness (QED) is 0.354. The second-order valence-electron chi connectivity index (χ2n) is 4.86. The summed E-state index contributed by atoms with van der Waals surface area (Å²) in [6, 6.07) is 0. The molecule has 1 saturated carbocycles. The molecule has 1 heterocycles. The van der Waals surface area contributed by atoms with Gasteiger partial charge in [0.1, 0.15) is 11.3 Å². The molecular weight excluding hydrogens is 220 g/mol. The van der Waals surface area contributed by atoms with Gasteiger partial charge >= 0.3 is 5.97 Å². The number of ether oxygens (including phenoxy) is 1. The molecule has 0 aromatic heterocycles. The molecule has 2 aliphatic rings. The lowest BCUT2D eigenvalue weighted by Crippen LogP contribution is -2.09. The largest absolute Gasteiger partial charge is 0.511 e. The van der Waals surface area contributed by atoms with Gasteiger partial charge in [-0.1, -0.05) is 32.1 Å². The van der Waals surface area contributed by atoms with Gasteiger partial charge in [0.15, 0.2) is 6.61 Å². The molecule has 4 nitrogen and oxygen atoms in total. The van der Waals surface area contributed by atoms with Crippen molar-refractivity contribution in [3.8, 4) is 0 Å². The van der Waals surface area contributed by atoms with Crippen LogP contribution in [0.4, 0.5) is 0 Å². The number of hydrogen-bond acceptors (Lipinski definition) is 4. The molecule has 0 aromatic rings. The number of rotatable bonds is 3. The molecule has 0 bridgehead atoms. The van der Waals surface area contributed by atoms with Crippen molar-refractivity contribution in [2.75, 3.05) is 6.61 Å². The van der Waals surface area contributed by atoms with Gasteiger partial charge < -0.3 is 9.84 Å². The van der Waals surface area contributed by atoms with E-state index in [2.05, 4.69) is 4.74 Å². The van der Waals surface area contributed by atoms with Crippen molar-refractivity contribution < 1.29 is 19.4 Å². The summed E-state index contributed by atoms with van der Waals surface area (Å²) >= 11 is 0. The van der Waals surface area contributed by atoms with Gasteiger partial charge in [0.2, 0.25) is 5.78 Å². The molecule has 17 heavy (non-hydrogen) atoms. The number of ketones is 1. The summed E-state index contributed by atoms with van der Waals surface area (Å²) in [6.07, 6.45) is 7.47. The molecule has 1 aliphatic heterocycles. The van der Waals surface area contributed by atoms with Crippen LogP contribution in [0.5, 0.6) is 0 Å². The summed E-state index contributed by atoms with van der Waals surface area (Å²) < 4.78 is 4.58. The molecule has 1 aliphatic carbocycles. The van der Waals surface area contributed by atoms with Crippen LogP contribution < -0.4 is 0 Å². The van der Waals surface area contributed by atoms with Crippen molar-refractivity contribution in [1.29, 1.82) is 0 Å². The van der Waals surface area contributed by atoms with Crippen LogP contribution >= 0.6 is 0 Å². The third kappa shape index (κ3) is 2.87. The Hall–Kier alpha value is -1.32. The standard InChI is InChI=1S/C13H18O4/c14-10(12-11(15)8-17-13(12)16)7-6-9-4-2-1-3-5-9/h9,14H,1-8H2. The van der Waals surface area contributed by atoms with E-state index >= 15 is 0 Å². The highest BCUT2D eigenvalue weighted by Gasteiger charge is 2.32. The number of carbonyl (C=O) groups excluding carboxylic acids is 2. The molecule has 2 fully saturated rings. The van der Waals surface area contributed by atoms with Gasteiger partial charge in [0.25, 0.3) is 0 Å². The van der Waals surface area contributed by atoms with E-state index in [1.165, 1.54) is 32.1 Å². The van der Waals surface area contributed by atoms with E-state index in [0.29, 0.717) is 12.3 Å². The number of allylic oxidation sites excluding steroid dienone is 1. The number of esters is 1. The first-order valence-corrected chi connectivity index (χ1v) is 6.31. The Morgan fingerprint density at radius 3 is 2.53 bits per heavy atom. The van der Waals surface area contributed by atoms with E-state index in [4.69, 9.17) is 0 Å². The van der Waals surface area contributed by atoms with E-state index in [1.807, 2.05) is 0 Å². The van der Waals surface area contributed by atoms with Crippen molar-refractivity contribution in [2.45, 2.75) is 44.9 Å². The fraction of sp³-hybridized carbons (Fsp3) is 0.692. The molecule has 94 valence electrons. The zero-order chi connectivity index (χ0) is 12.3. The minimum absolute atomic E-state index is 0.0805. The average Bonchev–Trinajstić information content (AvgIpc) is 2.67. The number of cyclic esters (lactones) is 1. The Morgan fingerprint density at radius 2 is 1.94 bits per heavy atom. The Kier molecular flexibility index (Phi) is 3.82. The number of carbonyl (C=O) groups is 2. The van der Waals surface area contributed by atoms with Crippen LogP contribution in [0.2, 0.25) is 0 Å². The van der Waals surface area contributed by atoms with Crippen LogP contribution in [0, 0.1) is 5.92 Å². The summed E-state index contributed by atoms with van der Waals surface area (Å²) in [5.41, 5.74) is -0.124. The number of Topliss-reactive ketones (excluding diaryl/α,β-unsaturated/α-hetero) is 1. The first-order valence-electron chi connectivity index (χ1n) is 6.31. The monoisotopic (exact) mass is 238 g/mol. The lowest BCUT2D eigenvalue weighted by atomic mass is 9.85. The predicted molar refractivity (Wildman–Crippen MR) is 61.4 cm³/mol. The van der Waals surface area contributed by atoms with Crippen LogP contribution in [0.25, 0.3) is 0 Å². The highest BCUT2D eigenvalue weighted by Crippen LogP contribution is 2.29. The van der Waals surface area contributed by atoms with Crippen LogP contribution in [-0.2, 0) is 14.3 Å². The predicted octanol–water partition coefficient (Wildman–Crippen LogP) is 2.28. The average molecular weight is 238 g/mol. The van der Waals surface area contributed by atoms with Crippen LogP contribution in [0.15, 0.2) is 11.3 Å². The molecule has 4 heteroatoms. The summed E-state index contributed by atoms with van der Waals surface area (Å²) in [7, 11) is 0. The maximum absolute atomic E-state index is 11.3. The maximum atomic E-state index is 11.3.